The van der Waals surface area contributed by atoms with Crippen LogP contribution in [0.1, 0.15) is 110 Å². The van der Waals surface area contributed by atoms with E-state index < -0.39 is 45.2 Å². The number of nitrogens with zero attached hydrogens (tertiary/aromatic N) is 2. The van der Waals surface area contributed by atoms with Gasteiger partial charge in [-0.25, -0.2) is 9.59 Å². The highest BCUT2D eigenvalue weighted by Gasteiger charge is 2.44. The SMILES string of the molecule is CCCCCCCCCCc1c([N+](=O)[O-])cc([N+](=O)[O-])c(OC)c1C1C(C(=O)OCC)=C(C)NC(C)=C1C(=O)OC(C)C. The molecule has 1 aromatic rings. The van der Waals surface area contributed by atoms with E-state index in [4.69, 9.17) is 14.2 Å². The zero-order chi connectivity index (χ0) is 32.3. The molecule has 1 unspecified atom stereocenters. The van der Waals surface area contributed by atoms with E-state index >= 15 is 0 Å². The van der Waals surface area contributed by atoms with Crippen LogP contribution in [0.3, 0.4) is 0 Å². The van der Waals surface area contributed by atoms with Crippen LogP contribution < -0.4 is 10.1 Å². The smallest absolute Gasteiger partial charge is 0.337 e. The van der Waals surface area contributed by atoms with E-state index in [1.807, 2.05) is 0 Å². The Kier molecular flexibility index (Phi) is 13.6. The number of rotatable bonds is 17. The molecule has 1 aromatic carbocycles. The summed E-state index contributed by atoms with van der Waals surface area (Å²) < 4.78 is 16.5. The fourth-order valence-electron chi connectivity index (χ4n) is 5.52. The fraction of sp³-hybridized carbons (Fsp3) is 0.613. The second-order valence-electron chi connectivity index (χ2n) is 10.9. The summed E-state index contributed by atoms with van der Waals surface area (Å²) in [5.74, 6) is -3.08. The number of nitro groups is 2. The number of benzene rings is 1. The molecule has 1 heterocycles. The van der Waals surface area contributed by atoms with Gasteiger partial charge in [-0.15, -0.1) is 0 Å². The summed E-state index contributed by atoms with van der Waals surface area (Å²) in [6.07, 6.45) is 7.56. The Bertz CT molecular complexity index is 1270. The second-order valence-corrected chi connectivity index (χ2v) is 10.9. The maximum Gasteiger partial charge on any atom is 0.337 e. The van der Waals surface area contributed by atoms with Gasteiger partial charge < -0.3 is 19.5 Å². The maximum absolute atomic E-state index is 13.6. The molecule has 0 radical (unpaired) electrons. The van der Waals surface area contributed by atoms with Gasteiger partial charge in [-0.1, -0.05) is 51.9 Å². The summed E-state index contributed by atoms with van der Waals surface area (Å²) in [6.45, 7) is 10.4. The quantitative estimate of drug-likeness (QED) is 0.0854. The van der Waals surface area contributed by atoms with Crippen molar-refractivity contribution >= 4 is 23.3 Å². The zero-order valence-corrected chi connectivity index (χ0v) is 26.4. The first kappa shape index (κ1) is 35.2. The Morgan fingerprint density at radius 1 is 0.884 bits per heavy atom. The highest BCUT2D eigenvalue weighted by Crippen LogP contribution is 2.50. The number of carbonyl (C=O) groups is 2. The molecule has 1 aliphatic rings. The van der Waals surface area contributed by atoms with Crippen molar-refractivity contribution < 1.29 is 33.6 Å². The van der Waals surface area contributed by atoms with Crippen LogP contribution in [-0.4, -0.2) is 41.6 Å². The summed E-state index contributed by atoms with van der Waals surface area (Å²) in [4.78, 5) is 50.2. The Morgan fingerprint density at radius 3 is 1.91 bits per heavy atom. The third-order valence-corrected chi connectivity index (χ3v) is 7.37. The topological polar surface area (TPSA) is 160 Å². The van der Waals surface area contributed by atoms with E-state index in [1.165, 1.54) is 13.5 Å². The van der Waals surface area contributed by atoms with E-state index in [1.54, 1.807) is 34.6 Å². The monoisotopic (exact) mass is 603 g/mol. The van der Waals surface area contributed by atoms with Crippen molar-refractivity contribution in [2.45, 2.75) is 111 Å². The van der Waals surface area contributed by atoms with Crippen molar-refractivity contribution in [1.82, 2.24) is 5.32 Å². The molecule has 12 nitrogen and oxygen atoms in total. The number of ether oxygens (including phenoxy) is 3. The molecule has 238 valence electrons. The zero-order valence-electron chi connectivity index (χ0n) is 26.4. The number of dihydropyridines is 1. The molecule has 1 N–H and O–H groups in total. The lowest BCUT2D eigenvalue weighted by atomic mass is 9.76. The summed E-state index contributed by atoms with van der Waals surface area (Å²) >= 11 is 0. The minimum absolute atomic E-state index is 0.00609. The Balaban J connectivity index is 2.86. The lowest BCUT2D eigenvalue weighted by Crippen LogP contribution is -2.34. The first-order chi connectivity index (χ1) is 20.4. The van der Waals surface area contributed by atoms with E-state index in [2.05, 4.69) is 12.2 Å². The van der Waals surface area contributed by atoms with Crippen molar-refractivity contribution in [3.05, 3.63) is 60.0 Å². The van der Waals surface area contributed by atoms with Crippen molar-refractivity contribution in [2.24, 2.45) is 0 Å². The standard InChI is InChI=1S/C31H45N3O9/c1-8-10-11-12-13-14-15-16-17-22-23(33(37)38)18-24(34(39)40)29(41-7)27(22)28-25(30(35)42-9-2)20(5)32-21(6)26(28)31(36)43-19(3)4/h18-19,28,32H,8-17H2,1-7H3. The number of allylic oxidation sites excluding steroid dienone is 2. The lowest BCUT2D eigenvalue weighted by Gasteiger charge is -2.32. The maximum atomic E-state index is 13.6. The van der Waals surface area contributed by atoms with Gasteiger partial charge in [0.25, 0.3) is 5.69 Å². The highest BCUT2D eigenvalue weighted by molar-refractivity contribution is 6.00. The lowest BCUT2D eigenvalue weighted by molar-refractivity contribution is -0.395. The van der Waals surface area contributed by atoms with Crippen LogP contribution >= 0.6 is 0 Å². The molecule has 0 amide bonds. The first-order valence-corrected chi connectivity index (χ1v) is 15.0. The molecular weight excluding hydrogens is 558 g/mol. The molecule has 12 heteroatoms. The number of nitro benzene ring substituents is 2. The van der Waals surface area contributed by atoms with Crippen molar-refractivity contribution in [2.75, 3.05) is 13.7 Å². The predicted molar refractivity (Wildman–Crippen MR) is 162 cm³/mol. The number of carbonyl (C=O) groups excluding carboxylic acids is 2. The summed E-state index contributed by atoms with van der Waals surface area (Å²) in [7, 11) is 1.22. The summed E-state index contributed by atoms with van der Waals surface area (Å²) in [5.41, 5.74) is -0.253. The molecule has 2 rings (SSSR count). The molecular formula is C31H45N3O9. The van der Waals surface area contributed by atoms with Crippen molar-refractivity contribution in [3.8, 4) is 5.75 Å². The molecule has 1 aliphatic heterocycles. The molecule has 0 spiro atoms. The molecule has 0 saturated heterocycles. The first-order valence-electron chi connectivity index (χ1n) is 15.0. The van der Waals surface area contributed by atoms with Gasteiger partial charge in [-0.05, 0) is 47.5 Å². The fourth-order valence-corrected chi connectivity index (χ4v) is 5.52. The molecule has 1 atom stereocenters. The summed E-state index contributed by atoms with van der Waals surface area (Å²) in [5, 5.41) is 27.6. The van der Waals surface area contributed by atoms with E-state index in [9.17, 15) is 29.8 Å². The number of nitrogens with one attached hydrogen (secondary N) is 1. The van der Waals surface area contributed by atoms with Gasteiger partial charge in [0.15, 0.2) is 0 Å². The largest absolute Gasteiger partial charge is 0.490 e. The van der Waals surface area contributed by atoms with Crippen LogP contribution in [0, 0.1) is 20.2 Å². The van der Waals surface area contributed by atoms with E-state index in [0.29, 0.717) is 17.8 Å². The molecule has 43 heavy (non-hydrogen) atoms. The van der Waals surface area contributed by atoms with Gasteiger partial charge in [0.2, 0.25) is 5.75 Å². The number of hydrogen-bond donors (Lipinski definition) is 1. The predicted octanol–water partition coefficient (Wildman–Crippen LogP) is 6.94. The molecule has 0 bridgehead atoms. The Labute approximate surface area is 253 Å². The number of hydrogen-bond acceptors (Lipinski definition) is 10. The average molecular weight is 604 g/mol. The minimum atomic E-state index is -1.29. The molecule has 0 fully saturated rings. The van der Waals surface area contributed by atoms with Crippen LogP contribution in [0.25, 0.3) is 0 Å². The average Bonchev–Trinajstić information content (AvgIpc) is 2.92. The third-order valence-electron chi connectivity index (χ3n) is 7.37. The Hall–Kier alpha value is -3.96. The van der Waals surface area contributed by atoms with Gasteiger partial charge in [0.05, 0.1) is 52.8 Å². The van der Waals surface area contributed by atoms with Crippen molar-refractivity contribution in [1.29, 1.82) is 0 Å². The number of methoxy groups -OCH3 is 1. The number of unbranched alkanes of at least 4 members (excludes halogenated alkanes) is 7. The van der Waals surface area contributed by atoms with Gasteiger partial charge in [-0.2, -0.15) is 0 Å². The molecule has 0 aliphatic carbocycles. The highest BCUT2D eigenvalue weighted by atomic mass is 16.6. The van der Waals surface area contributed by atoms with E-state index in [-0.39, 0.29) is 41.1 Å². The van der Waals surface area contributed by atoms with Crippen LogP contribution in [0.5, 0.6) is 5.75 Å². The molecule has 0 aromatic heterocycles. The van der Waals surface area contributed by atoms with Crippen LogP contribution in [0.15, 0.2) is 28.6 Å². The third kappa shape index (κ3) is 8.77. The normalized spacial score (nSPS) is 14.9. The minimum Gasteiger partial charge on any atom is -0.490 e. The second kappa shape index (κ2) is 16.6. The van der Waals surface area contributed by atoms with Gasteiger partial charge in [0.1, 0.15) is 0 Å². The van der Waals surface area contributed by atoms with Crippen LogP contribution in [0.2, 0.25) is 0 Å². The molecule has 0 saturated carbocycles. The Morgan fingerprint density at radius 2 is 1.42 bits per heavy atom. The van der Waals surface area contributed by atoms with Crippen molar-refractivity contribution in [3.63, 3.8) is 0 Å². The van der Waals surface area contributed by atoms with Crippen LogP contribution in [0.4, 0.5) is 11.4 Å². The van der Waals surface area contributed by atoms with Gasteiger partial charge >= 0.3 is 17.6 Å². The summed E-state index contributed by atoms with van der Waals surface area (Å²) in [6, 6.07) is 0.896. The van der Waals surface area contributed by atoms with Gasteiger partial charge in [-0.3, -0.25) is 20.2 Å². The van der Waals surface area contributed by atoms with Crippen LogP contribution in [-0.2, 0) is 25.5 Å². The van der Waals surface area contributed by atoms with E-state index in [0.717, 1.165) is 44.6 Å². The number of esters is 2. The van der Waals surface area contributed by atoms with Gasteiger partial charge in [0, 0.05) is 22.5 Å².